The molecule has 0 spiro atoms. The summed E-state index contributed by atoms with van der Waals surface area (Å²) in [6, 6.07) is 1.24. The van der Waals surface area contributed by atoms with E-state index in [-0.39, 0.29) is 0 Å². The molecule has 0 aromatic heterocycles. The van der Waals surface area contributed by atoms with E-state index in [4.69, 9.17) is 0 Å². The lowest BCUT2D eigenvalue weighted by atomic mass is 9.96. The Kier molecular flexibility index (Phi) is 4.43. The first-order valence-electron chi connectivity index (χ1n) is 5.49. The summed E-state index contributed by atoms with van der Waals surface area (Å²) in [5.74, 6) is 0. The van der Waals surface area contributed by atoms with Crippen LogP contribution in [-0.2, 0) is 4.79 Å². The zero-order chi connectivity index (χ0) is 9.68. The Hall–Kier alpha value is -0.370. The van der Waals surface area contributed by atoms with Gasteiger partial charge in [-0.1, -0.05) is 19.8 Å². The van der Waals surface area contributed by atoms with Crippen LogP contribution in [0, 0.1) is 0 Å². The largest absolute Gasteiger partial charge is 0.303 e. The molecule has 2 nitrogen and oxygen atoms in total. The van der Waals surface area contributed by atoms with Crippen LogP contribution in [0.25, 0.3) is 0 Å². The zero-order valence-electron chi connectivity index (χ0n) is 8.83. The topological polar surface area (TPSA) is 20.3 Å². The van der Waals surface area contributed by atoms with Gasteiger partial charge >= 0.3 is 0 Å². The Morgan fingerprint density at radius 1 is 1.62 bits per heavy atom. The van der Waals surface area contributed by atoms with Crippen LogP contribution >= 0.6 is 0 Å². The van der Waals surface area contributed by atoms with Gasteiger partial charge in [-0.3, -0.25) is 4.90 Å². The third kappa shape index (κ3) is 2.80. The second kappa shape index (κ2) is 5.38. The SMILES string of the molecule is CCCCC(C)N1CCC1CC=O. The van der Waals surface area contributed by atoms with Crippen molar-refractivity contribution in [3.05, 3.63) is 0 Å². The van der Waals surface area contributed by atoms with Crippen molar-refractivity contribution in [3.8, 4) is 0 Å². The number of carbonyl (C=O) groups is 1. The van der Waals surface area contributed by atoms with Crippen molar-refractivity contribution in [2.45, 2.75) is 58.0 Å². The van der Waals surface area contributed by atoms with E-state index in [0.717, 1.165) is 12.7 Å². The van der Waals surface area contributed by atoms with E-state index in [0.29, 0.717) is 12.1 Å². The molecule has 1 aliphatic heterocycles. The molecule has 2 unspecified atom stereocenters. The van der Waals surface area contributed by atoms with Crippen LogP contribution in [0.5, 0.6) is 0 Å². The minimum atomic E-state index is 0.560. The summed E-state index contributed by atoms with van der Waals surface area (Å²) in [5, 5.41) is 0. The summed E-state index contributed by atoms with van der Waals surface area (Å²) in [4.78, 5) is 12.8. The lowest BCUT2D eigenvalue weighted by molar-refractivity contribution is -0.110. The fourth-order valence-corrected chi connectivity index (χ4v) is 2.07. The van der Waals surface area contributed by atoms with Crippen molar-refractivity contribution in [3.63, 3.8) is 0 Å². The standard InChI is InChI=1S/C11H21NO/c1-3-4-5-10(2)12-8-6-11(12)7-9-13/h9-11H,3-8H2,1-2H3. The van der Waals surface area contributed by atoms with Gasteiger partial charge in [0.05, 0.1) is 0 Å². The van der Waals surface area contributed by atoms with Crippen molar-refractivity contribution in [1.82, 2.24) is 4.90 Å². The van der Waals surface area contributed by atoms with Crippen molar-refractivity contribution in [2.24, 2.45) is 0 Å². The van der Waals surface area contributed by atoms with Crippen LogP contribution in [0.2, 0.25) is 0 Å². The highest BCUT2D eigenvalue weighted by Gasteiger charge is 2.30. The van der Waals surface area contributed by atoms with E-state index in [1.54, 1.807) is 0 Å². The average Bonchev–Trinajstić information content (AvgIpc) is 2.09. The monoisotopic (exact) mass is 183 g/mol. The molecule has 0 aliphatic carbocycles. The first kappa shape index (κ1) is 10.7. The Morgan fingerprint density at radius 3 is 2.85 bits per heavy atom. The van der Waals surface area contributed by atoms with Gasteiger partial charge in [0.15, 0.2) is 0 Å². The second-order valence-electron chi connectivity index (χ2n) is 4.07. The molecule has 1 aliphatic rings. The van der Waals surface area contributed by atoms with Gasteiger partial charge in [0.25, 0.3) is 0 Å². The van der Waals surface area contributed by atoms with Gasteiger partial charge in [-0.25, -0.2) is 0 Å². The summed E-state index contributed by atoms with van der Waals surface area (Å²) in [6.07, 6.45) is 6.88. The molecule has 76 valence electrons. The van der Waals surface area contributed by atoms with Crippen LogP contribution in [-0.4, -0.2) is 29.8 Å². The number of hydrogen-bond acceptors (Lipinski definition) is 2. The molecule has 1 heterocycles. The zero-order valence-corrected chi connectivity index (χ0v) is 8.83. The highest BCUT2D eigenvalue weighted by molar-refractivity contribution is 5.50. The van der Waals surface area contributed by atoms with Gasteiger partial charge in [0, 0.05) is 25.0 Å². The molecule has 13 heavy (non-hydrogen) atoms. The Bertz CT molecular complexity index is 158. The third-order valence-electron chi connectivity index (χ3n) is 3.10. The molecule has 2 atom stereocenters. The molecule has 0 saturated carbocycles. The van der Waals surface area contributed by atoms with Crippen LogP contribution in [0.3, 0.4) is 0 Å². The lowest BCUT2D eigenvalue weighted by Gasteiger charge is -2.44. The Labute approximate surface area is 81.3 Å². The lowest BCUT2D eigenvalue weighted by Crippen LogP contribution is -2.52. The van der Waals surface area contributed by atoms with Gasteiger partial charge in [0.1, 0.15) is 6.29 Å². The predicted molar refractivity (Wildman–Crippen MR) is 54.8 cm³/mol. The molecule has 1 fully saturated rings. The van der Waals surface area contributed by atoms with E-state index >= 15 is 0 Å². The molecular weight excluding hydrogens is 162 g/mol. The quantitative estimate of drug-likeness (QED) is 0.588. The van der Waals surface area contributed by atoms with Crippen molar-refractivity contribution in [2.75, 3.05) is 6.54 Å². The summed E-state index contributed by atoms with van der Waals surface area (Å²) >= 11 is 0. The van der Waals surface area contributed by atoms with Crippen LogP contribution < -0.4 is 0 Å². The van der Waals surface area contributed by atoms with E-state index in [2.05, 4.69) is 18.7 Å². The maximum Gasteiger partial charge on any atom is 0.121 e. The summed E-state index contributed by atoms with van der Waals surface area (Å²) in [5.41, 5.74) is 0. The van der Waals surface area contributed by atoms with Crippen molar-refractivity contribution >= 4 is 6.29 Å². The van der Waals surface area contributed by atoms with Gasteiger partial charge in [-0.05, 0) is 19.8 Å². The second-order valence-corrected chi connectivity index (χ2v) is 4.07. The molecule has 2 heteroatoms. The molecule has 0 bridgehead atoms. The first-order valence-corrected chi connectivity index (χ1v) is 5.49. The maximum atomic E-state index is 10.4. The number of nitrogens with zero attached hydrogens (tertiary/aromatic N) is 1. The minimum Gasteiger partial charge on any atom is -0.303 e. The molecule has 1 saturated heterocycles. The number of carbonyl (C=O) groups excluding carboxylic acids is 1. The number of unbranched alkanes of at least 4 members (excludes halogenated alkanes) is 1. The van der Waals surface area contributed by atoms with Crippen LogP contribution in [0.1, 0.15) is 46.0 Å². The summed E-state index contributed by atoms with van der Waals surface area (Å²) < 4.78 is 0. The minimum absolute atomic E-state index is 0.560. The molecular formula is C11H21NO. The molecule has 1 rings (SSSR count). The van der Waals surface area contributed by atoms with Crippen LogP contribution in [0.15, 0.2) is 0 Å². The molecule has 0 aromatic carbocycles. The average molecular weight is 183 g/mol. The normalized spacial score (nSPS) is 25.2. The van der Waals surface area contributed by atoms with E-state index in [1.165, 1.54) is 32.2 Å². The van der Waals surface area contributed by atoms with Crippen molar-refractivity contribution in [1.29, 1.82) is 0 Å². The first-order chi connectivity index (χ1) is 6.29. The van der Waals surface area contributed by atoms with Gasteiger partial charge in [-0.15, -0.1) is 0 Å². The Balaban J connectivity index is 2.22. The number of likely N-dealkylation sites (tertiary alicyclic amines) is 1. The predicted octanol–water partition coefficient (Wildman–Crippen LogP) is 2.23. The number of rotatable bonds is 6. The fourth-order valence-electron chi connectivity index (χ4n) is 2.07. The fraction of sp³-hybridized carbons (Fsp3) is 0.909. The van der Waals surface area contributed by atoms with Gasteiger partial charge < -0.3 is 4.79 Å². The maximum absolute atomic E-state index is 10.4. The van der Waals surface area contributed by atoms with Gasteiger partial charge in [0.2, 0.25) is 0 Å². The number of aldehydes is 1. The Morgan fingerprint density at radius 2 is 2.38 bits per heavy atom. The van der Waals surface area contributed by atoms with Crippen molar-refractivity contribution < 1.29 is 4.79 Å². The number of hydrogen-bond donors (Lipinski definition) is 0. The highest BCUT2D eigenvalue weighted by atomic mass is 16.1. The molecule has 0 aromatic rings. The van der Waals surface area contributed by atoms with E-state index < -0.39 is 0 Å². The molecule has 0 radical (unpaired) electrons. The molecule has 0 amide bonds. The highest BCUT2D eigenvalue weighted by Crippen LogP contribution is 2.24. The molecule has 0 N–H and O–H groups in total. The third-order valence-corrected chi connectivity index (χ3v) is 3.10. The van der Waals surface area contributed by atoms with E-state index in [1.807, 2.05) is 0 Å². The van der Waals surface area contributed by atoms with Crippen LogP contribution in [0.4, 0.5) is 0 Å². The summed E-state index contributed by atoms with van der Waals surface area (Å²) in [6.45, 7) is 5.71. The summed E-state index contributed by atoms with van der Waals surface area (Å²) in [7, 11) is 0. The smallest absolute Gasteiger partial charge is 0.121 e. The van der Waals surface area contributed by atoms with Gasteiger partial charge in [-0.2, -0.15) is 0 Å². The van der Waals surface area contributed by atoms with E-state index in [9.17, 15) is 4.79 Å².